The van der Waals surface area contributed by atoms with E-state index in [1.165, 1.54) is 11.1 Å². The summed E-state index contributed by atoms with van der Waals surface area (Å²) in [5.41, 5.74) is 2.78. The van der Waals surface area contributed by atoms with Gasteiger partial charge in [0.2, 0.25) is 5.91 Å². The number of hydrogen-bond acceptors (Lipinski definition) is 2. The molecule has 1 aromatic rings. The molecule has 0 bridgehead atoms. The number of piperidine rings is 1. The third-order valence-corrected chi connectivity index (χ3v) is 4.03. The highest BCUT2D eigenvalue weighted by molar-refractivity contribution is 5.81. The molecule has 19 heavy (non-hydrogen) atoms. The van der Waals surface area contributed by atoms with Crippen LogP contribution in [0.1, 0.15) is 30.9 Å². The fourth-order valence-electron chi connectivity index (χ4n) is 2.80. The van der Waals surface area contributed by atoms with Gasteiger partial charge >= 0.3 is 0 Å². The zero-order valence-corrected chi connectivity index (χ0v) is 11.9. The molecule has 0 radical (unpaired) electrons. The van der Waals surface area contributed by atoms with Gasteiger partial charge in [0.05, 0.1) is 6.04 Å². The molecular weight excluding hydrogens is 236 g/mol. The molecule has 1 amide bonds. The summed E-state index contributed by atoms with van der Waals surface area (Å²) in [5, 5.41) is 6.02. The Hall–Kier alpha value is -1.35. The highest BCUT2D eigenvalue weighted by atomic mass is 16.2. The number of aryl methyl sites for hydroxylation is 1. The zero-order valence-electron chi connectivity index (χ0n) is 11.9. The number of amides is 1. The average molecular weight is 260 g/mol. The number of nitrogens with one attached hydrogen (secondary N) is 2. The summed E-state index contributed by atoms with van der Waals surface area (Å²) in [4.78, 5) is 11.7. The molecule has 1 aliphatic rings. The highest BCUT2D eigenvalue weighted by Gasteiger charge is 2.25. The molecule has 2 unspecified atom stereocenters. The molecule has 0 aromatic heterocycles. The van der Waals surface area contributed by atoms with Crippen molar-refractivity contribution in [2.75, 3.05) is 13.6 Å². The first kappa shape index (κ1) is 14.1. The van der Waals surface area contributed by atoms with Gasteiger partial charge in [-0.3, -0.25) is 4.79 Å². The third kappa shape index (κ3) is 3.80. The van der Waals surface area contributed by atoms with Crippen LogP contribution in [0, 0.1) is 5.92 Å². The Morgan fingerprint density at radius 3 is 2.63 bits per heavy atom. The van der Waals surface area contributed by atoms with E-state index >= 15 is 0 Å². The number of hydrogen-bond donors (Lipinski definition) is 2. The summed E-state index contributed by atoms with van der Waals surface area (Å²) in [6.45, 7) is 3.12. The minimum atomic E-state index is -0.0151. The van der Waals surface area contributed by atoms with Gasteiger partial charge < -0.3 is 10.6 Å². The van der Waals surface area contributed by atoms with Crippen LogP contribution in [0.3, 0.4) is 0 Å². The summed E-state index contributed by atoms with van der Waals surface area (Å²) >= 11 is 0. The second-order valence-electron chi connectivity index (χ2n) is 5.39. The first-order chi connectivity index (χ1) is 9.22. The van der Waals surface area contributed by atoms with Crippen molar-refractivity contribution in [3.05, 3.63) is 35.4 Å². The Kier molecular flexibility index (Phi) is 4.97. The quantitative estimate of drug-likeness (QED) is 0.868. The van der Waals surface area contributed by atoms with E-state index in [0.717, 1.165) is 32.2 Å². The number of rotatable bonds is 4. The average Bonchev–Trinajstić information content (AvgIpc) is 2.47. The predicted molar refractivity (Wildman–Crippen MR) is 78.1 cm³/mol. The first-order valence-corrected chi connectivity index (χ1v) is 7.25. The van der Waals surface area contributed by atoms with E-state index in [0.29, 0.717) is 5.92 Å². The van der Waals surface area contributed by atoms with Crippen molar-refractivity contribution in [3.63, 3.8) is 0 Å². The monoisotopic (exact) mass is 260 g/mol. The van der Waals surface area contributed by atoms with Crippen LogP contribution < -0.4 is 10.6 Å². The van der Waals surface area contributed by atoms with Crippen LogP contribution in [0.2, 0.25) is 0 Å². The van der Waals surface area contributed by atoms with Gasteiger partial charge in [0.1, 0.15) is 0 Å². The lowest BCUT2D eigenvalue weighted by Gasteiger charge is -2.29. The number of benzene rings is 1. The molecule has 2 rings (SSSR count). The molecule has 3 nitrogen and oxygen atoms in total. The number of carbonyl (C=O) groups excluding carboxylic acids is 1. The second-order valence-corrected chi connectivity index (χ2v) is 5.39. The topological polar surface area (TPSA) is 41.1 Å². The van der Waals surface area contributed by atoms with Crippen molar-refractivity contribution in [2.24, 2.45) is 5.92 Å². The molecule has 2 N–H and O–H groups in total. The maximum atomic E-state index is 11.7. The molecule has 0 spiro atoms. The standard InChI is InChI=1S/C16H24N2O/c1-3-12-4-6-13(7-5-12)10-14-8-9-18-15(11-14)16(19)17-2/h4-7,14-15,18H,3,8-11H2,1-2H3,(H,17,19). The molecule has 0 saturated carbocycles. The molecule has 1 saturated heterocycles. The van der Waals surface area contributed by atoms with Gasteiger partial charge in [-0.25, -0.2) is 0 Å². The maximum Gasteiger partial charge on any atom is 0.236 e. The van der Waals surface area contributed by atoms with Crippen LogP contribution in [-0.2, 0) is 17.6 Å². The lowest BCUT2D eigenvalue weighted by atomic mass is 9.86. The van der Waals surface area contributed by atoms with Crippen LogP contribution in [0.25, 0.3) is 0 Å². The van der Waals surface area contributed by atoms with Crippen molar-refractivity contribution < 1.29 is 4.79 Å². The molecule has 2 atom stereocenters. The van der Waals surface area contributed by atoms with Gasteiger partial charge in [-0.05, 0) is 49.3 Å². The van der Waals surface area contributed by atoms with Gasteiger partial charge in [-0.15, -0.1) is 0 Å². The minimum Gasteiger partial charge on any atom is -0.358 e. The maximum absolute atomic E-state index is 11.7. The SMILES string of the molecule is CCc1ccc(CC2CCNC(C(=O)NC)C2)cc1. The molecule has 0 aliphatic carbocycles. The van der Waals surface area contributed by atoms with E-state index in [1.807, 2.05) is 0 Å². The van der Waals surface area contributed by atoms with Gasteiger partial charge in [0, 0.05) is 7.05 Å². The van der Waals surface area contributed by atoms with Crippen molar-refractivity contribution in [1.82, 2.24) is 10.6 Å². The highest BCUT2D eigenvalue weighted by Crippen LogP contribution is 2.21. The number of carbonyl (C=O) groups is 1. The first-order valence-electron chi connectivity index (χ1n) is 7.25. The van der Waals surface area contributed by atoms with E-state index in [1.54, 1.807) is 7.05 Å². The molecular formula is C16H24N2O. The van der Waals surface area contributed by atoms with E-state index in [2.05, 4.69) is 41.8 Å². The Morgan fingerprint density at radius 2 is 2.00 bits per heavy atom. The molecule has 1 heterocycles. The van der Waals surface area contributed by atoms with Gasteiger partial charge in [0.25, 0.3) is 0 Å². The van der Waals surface area contributed by atoms with E-state index in [9.17, 15) is 4.79 Å². The van der Waals surface area contributed by atoms with Crippen molar-refractivity contribution in [2.45, 2.75) is 38.6 Å². The van der Waals surface area contributed by atoms with Gasteiger partial charge in [-0.2, -0.15) is 0 Å². The summed E-state index contributed by atoms with van der Waals surface area (Å²) in [6.07, 6.45) is 4.27. The Balaban J connectivity index is 1.92. The molecule has 1 fully saturated rings. The second kappa shape index (κ2) is 6.71. The summed E-state index contributed by atoms with van der Waals surface area (Å²) in [7, 11) is 1.71. The van der Waals surface area contributed by atoms with E-state index in [-0.39, 0.29) is 11.9 Å². The van der Waals surface area contributed by atoms with Crippen LogP contribution in [0.5, 0.6) is 0 Å². The van der Waals surface area contributed by atoms with Crippen molar-refractivity contribution in [3.8, 4) is 0 Å². The van der Waals surface area contributed by atoms with Crippen LogP contribution in [0.15, 0.2) is 24.3 Å². The third-order valence-electron chi connectivity index (χ3n) is 4.03. The lowest BCUT2D eigenvalue weighted by Crippen LogP contribution is -2.48. The van der Waals surface area contributed by atoms with Crippen LogP contribution in [0.4, 0.5) is 0 Å². The van der Waals surface area contributed by atoms with Crippen molar-refractivity contribution >= 4 is 5.91 Å². The predicted octanol–water partition coefficient (Wildman–Crippen LogP) is 1.91. The Bertz CT molecular complexity index is 413. The smallest absolute Gasteiger partial charge is 0.236 e. The van der Waals surface area contributed by atoms with E-state index in [4.69, 9.17) is 0 Å². The summed E-state index contributed by atoms with van der Waals surface area (Å²) in [5.74, 6) is 0.724. The van der Waals surface area contributed by atoms with Gasteiger partial charge in [0.15, 0.2) is 0 Å². The largest absolute Gasteiger partial charge is 0.358 e. The van der Waals surface area contributed by atoms with Gasteiger partial charge in [-0.1, -0.05) is 31.2 Å². The normalized spacial score (nSPS) is 23.1. The molecule has 104 valence electrons. The Morgan fingerprint density at radius 1 is 1.32 bits per heavy atom. The van der Waals surface area contributed by atoms with Crippen LogP contribution >= 0.6 is 0 Å². The number of likely N-dealkylation sites (N-methyl/N-ethyl adjacent to an activating group) is 1. The fraction of sp³-hybridized carbons (Fsp3) is 0.562. The van der Waals surface area contributed by atoms with E-state index < -0.39 is 0 Å². The zero-order chi connectivity index (χ0) is 13.7. The fourth-order valence-corrected chi connectivity index (χ4v) is 2.80. The lowest BCUT2D eigenvalue weighted by molar-refractivity contribution is -0.123. The Labute approximate surface area is 115 Å². The minimum absolute atomic E-state index is 0.0151. The summed E-state index contributed by atoms with van der Waals surface area (Å²) < 4.78 is 0. The molecule has 1 aromatic carbocycles. The van der Waals surface area contributed by atoms with Crippen molar-refractivity contribution in [1.29, 1.82) is 0 Å². The van der Waals surface area contributed by atoms with Crippen LogP contribution in [-0.4, -0.2) is 25.5 Å². The molecule has 1 aliphatic heterocycles. The summed E-state index contributed by atoms with van der Waals surface area (Å²) in [6, 6.07) is 8.88. The molecule has 3 heteroatoms.